The van der Waals surface area contributed by atoms with Gasteiger partial charge in [0.1, 0.15) is 11.2 Å². The fourth-order valence-electron chi connectivity index (χ4n) is 15.1. The van der Waals surface area contributed by atoms with Crippen LogP contribution in [0.25, 0.3) is 189 Å². The van der Waals surface area contributed by atoms with Crippen LogP contribution in [0.15, 0.2) is 320 Å². The minimum atomic E-state index is -0.0795. The molecule has 100 heavy (non-hydrogen) atoms. The number of pyridine rings is 2. The van der Waals surface area contributed by atoms with Gasteiger partial charge in [-0.15, -0.1) is 0 Å². The van der Waals surface area contributed by atoms with Gasteiger partial charge in [0.15, 0.2) is 34.9 Å². The highest BCUT2D eigenvalue weighted by Gasteiger charge is 2.38. The first-order valence-corrected chi connectivity index (χ1v) is 33.7. The summed E-state index contributed by atoms with van der Waals surface area (Å²) in [5.41, 5.74) is 16.6. The molecule has 0 saturated heterocycles. The van der Waals surface area contributed by atoms with Crippen LogP contribution in [0.1, 0.15) is 25.0 Å². The van der Waals surface area contributed by atoms with Gasteiger partial charge in [-0.25, -0.2) is 29.9 Å². The number of benzene rings is 14. The molecule has 0 fully saturated rings. The maximum Gasteiger partial charge on any atom is 0.165 e. The third kappa shape index (κ3) is 9.77. The van der Waals surface area contributed by atoms with Crippen LogP contribution in [-0.2, 0) is 5.41 Å². The monoisotopic (exact) mass is 1280 g/mol. The third-order valence-electron chi connectivity index (χ3n) is 19.9. The molecule has 9 nitrogen and oxygen atoms in total. The van der Waals surface area contributed by atoms with Crippen molar-refractivity contribution in [2.24, 2.45) is 0 Å². The van der Waals surface area contributed by atoms with Crippen LogP contribution < -0.4 is 0 Å². The van der Waals surface area contributed by atoms with Crippen LogP contribution in [0.2, 0.25) is 0 Å². The molecule has 0 radical (unpaired) electrons. The summed E-state index contributed by atoms with van der Waals surface area (Å²) in [7, 11) is 0. The quantitative estimate of drug-likeness (QED) is 0.137. The summed E-state index contributed by atoms with van der Waals surface area (Å²) in [4.78, 5) is 39.0. The second kappa shape index (κ2) is 23.5. The number of aromatic nitrogens is 8. The van der Waals surface area contributed by atoms with Crippen LogP contribution in [0.4, 0.5) is 0 Å². The van der Waals surface area contributed by atoms with E-state index in [2.05, 4.69) is 172 Å². The van der Waals surface area contributed by atoms with E-state index in [1.165, 1.54) is 76.1 Å². The topological polar surface area (TPSA) is 116 Å². The van der Waals surface area contributed by atoms with Gasteiger partial charge in [-0.3, -0.25) is 9.97 Å². The highest BCUT2D eigenvalue weighted by molar-refractivity contribution is 6.35. The predicted molar refractivity (Wildman–Crippen MR) is 409 cm³/mol. The maximum atomic E-state index is 6.44. The van der Waals surface area contributed by atoms with Crippen LogP contribution >= 0.6 is 0 Å². The van der Waals surface area contributed by atoms with Gasteiger partial charge in [-0.1, -0.05) is 275 Å². The predicted octanol–water partition coefficient (Wildman–Crippen LogP) is 23.0. The molecule has 0 bridgehead atoms. The summed E-state index contributed by atoms with van der Waals surface area (Å²) < 4.78 is 6.44. The summed E-state index contributed by atoms with van der Waals surface area (Å²) in [5.74, 6) is 3.70. The lowest BCUT2D eigenvalue weighted by atomic mass is 9.79. The summed E-state index contributed by atoms with van der Waals surface area (Å²) in [6.07, 6.45) is 3.72. The van der Waals surface area contributed by atoms with Gasteiger partial charge in [-0.05, 0) is 124 Å². The SMILES string of the molecule is CC1(C)c2ccccc2-c2c1c1ccccc1c1c2ccc2cc(-c3ccc(-c4nc(-c5ccccc5)nc(-c5ccccc5)n4)cn3)ccc21.c1ccc(-c2nc(-c3ccccc3)nc(-c3ccc(-c4ccc5c(ccc6c5c5ccccc5c5oc7ccccc7c65)c4)nc3)n2)cc1. The van der Waals surface area contributed by atoms with Crippen molar-refractivity contribution in [1.29, 1.82) is 0 Å². The lowest BCUT2D eigenvalue weighted by Gasteiger charge is -2.24. The number of furan rings is 1. The van der Waals surface area contributed by atoms with Crippen molar-refractivity contribution in [3.05, 3.63) is 327 Å². The van der Waals surface area contributed by atoms with Crippen molar-refractivity contribution in [2.45, 2.75) is 19.3 Å². The van der Waals surface area contributed by atoms with E-state index in [4.69, 9.17) is 44.3 Å². The van der Waals surface area contributed by atoms with Crippen molar-refractivity contribution in [3.63, 3.8) is 0 Å². The number of fused-ring (bicyclic) bond motifs is 20. The Kier molecular flexibility index (Phi) is 13.7. The fraction of sp³-hybridized carbons (Fsp3) is 0.0330. The smallest absolute Gasteiger partial charge is 0.165 e. The minimum Gasteiger partial charge on any atom is -0.455 e. The number of para-hydroxylation sites is 1. The summed E-state index contributed by atoms with van der Waals surface area (Å²) in [6.45, 7) is 4.74. The molecule has 0 unspecified atom stereocenters. The molecule has 0 atom stereocenters. The first-order valence-electron chi connectivity index (χ1n) is 33.7. The van der Waals surface area contributed by atoms with E-state index in [-0.39, 0.29) is 5.41 Å². The highest BCUT2D eigenvalue weighted by Crippen LogP contribution is 2.55. The Morgan fingerprint density at radius 1 is 0.270 bits per heavy atom. The zero-order valence-electron chi connectivity index (χ0n) is 54.5. The van der Waals surface area contributed by atoms with E-state index in [9.17, 15) is 0 Å². The Hall–Kier alpha value is -13.2. The van der Waals surface area contributed by atoms with Gasteiger partial charge in [0.05, 0.1) is 11.4 Å². The van der Waals surface area contributed by atoms with Gasteiger partial charge >= 0.3 is 0 Å². The number of hydrogen-bond donors (Lipinski definition) is 0. The van der Waals surface area contributed by atoms with Crippen LogP contribution in [0, 0.1) is 0 Å². The standard InChI is InChI=1S/C47H32N4.C44H26N4O/c1-47(2)39-20-12-11-19-37(39)42-38-25-21-31-27-32(22-24-34(31)41(38)35-17-9-10-18-36(35)43(42)47)40-26-23-33(28-48-40)46-50-44(29-13-5-3-6-14-29)49-45(51-46)30-15-7-4-8-16-30;1-3-11-27(12-4-1)42-46-43(28-13-5-2-6-14-28)48-44(47-42)31-21-24-37(45-26-31)30-20-22-32-29(25-30)19-23-36-39(32)33-15-7-8-16-34(33)41-40(36)35-17-9-10-18-38(35)49-41/h3-28H,1-2H3;1-26H. The first kappa shape index (κ1) is 58.1. The van der Waals surface area contributed by atoms with Crippen molar-refractivity contribution in [2.75, 3.05) is 0 Å². The number of rotatable bonds is 8. The largest absolute Gasteiger partial charge is 0.455 e. The molecule has 0 amide bonds. The average molecular weight is 1280 g/mol. The second-order valence-electron chi connectivity index (χ2n) is 26.1. The van der Waals surface area contributed by atoms with Crippen LogP contribution in [0.3, 0.4) is 0 Å². The molecule has 0 saturated carbocycles. The van der Waals surface area contributed by atoms with E-state index >= 15 is 0 Å². The summed E-state index contributed by atoms with van der Waals surface area (Å²) in [6, 6.07) is 105. The molecule has 468 valence electrons. The molecular weight excluding hydrogens is 1220 g/mol. The van der Waals surface area contributed by atoms with Crippen molar-refractivity contribution < 1.29 is 4.42 Å². The Morgan fingerprint density at radius 3 is 1.14 bits per heavy atom. The normalized spacial score (nSPS) is 12.4. The van der Waals surface area contributed by atoms with Crippen molar-refractivity contribution >= 4 is 86.6 Å². The van der Waals surface area contributed by atoms with E-state index in [0.717, 1.165) is 88.6 Å². The zero-order valence-corrected chi connectivity index (χ0v) is 54.5. The number of hydrogen-bond acceptors (Lipinski definition) is 9. The van der Waals surface area contributed by atoms with Crippen molar-refractivity contribution in [3.8, 4) is 102 Å². The Labute approximate surface area is 575 Å². The lowest BCUT2D eigenvalue weighted by molar-refractivity contribution is 0.666. The Morgan fingerprint density at radius 2 is 0.650 bits per heavy atom. The molecule has 5 aromatic heterocycles. The first-order chi connectivity index (χ1) is 49.3. The molecule has 0 aliphatic heterocycles. The van der Waals surface area contributed by atoms with E-state index in [1.54, 1.807) is 0 Å². The molecule has 1 aliphatic carbocycles. The second-order valence-corrected chi connectivity index (χ2v) is 26.1. The van der Waals surface area contributed by atoms with Gasteiger partial charge in [0.2, 0.25) is 0 Å². The van der Waals surface area contributed by atoms with Gasteiger partial charge in [0, 0.05) is 78.5 Å². The maximum absolute atomic E-state index is 6.44. The molecule has 19 aromatic rings. The molecule has 1 aliphatic rings. The fourth-order valence-corrected chi connectivity index (χ4v) is 15.1. The van der Waals surface area contributed by atoms with Gasteiger partial charge in [-0.2, -0.15) is 0 Å². The molecule has 0 N–H and O–H groups in total. The van der Waals surface area contributed by atoms with E-state index in [1.807, 2.05) is 158 Å². The molecule has 9 heteroatoms. The molecule has 5 heterocycles. The van der Waals surface area contributed by atoms with Crippen LogP contribution in [0.5, 0.6) is 0 Å². The summed E-state index contributed by atoms with van der Waals surface area (Å²) in [5, 5.41) is 17.1. The minimum absolute atomic E-state index is 0.0795. The summed E-state index contributed by atoms with van der Waals surface area (Å²) >= 11 is 0. The van der Waals surface area contributed by atoms with E-state index in [0.29, 0.717) is 34.9 Å². The Balaban J connectivity index is 0.000000139. The molecule has 20 rings (SSSR count). The lowest BCUT2D eigenvalue weighted by Crippen LogP contribution is -2.15. The van der Waals surface area contributed by atoms with Gasteiger partial charge in [0.25, 0.3) is 0 Å². The molecule has 0 spiro atoms. The van der Waals surface area contributed by atoms with Crippen molar-refractivity contribution in [1.82, 2.24) is 39.9 Å². The molecular formula is C91H58N8O. The molecule has 14 aromatic carbocycles. The average Bonchev–Trinajstić information content (AvgIpc) is 1.51. The zero-order chi connectivity index (χ0) is 66.4. The van der Waals surface area contributed by atoms with Crippen LogP contribution in [-0.4, -0.2) is 39.9 Å². The highest BCUT2D eigenvalue weighted by atomic mass is 16.3. The van der Waals surface area contributed by atoms with E-state index < -0.39 is 0 Å². The Bertz CT molecular complexity index is 6350. The number of nitrogens with zero attached hydrogens (tertiary/aromatic N) is 8. The third-order valence-corrected chi connectivity index (χ3v) is 19.9. The van der Waals surface area contributed by atoms with Gasteiger partial charge < -0.3 is 4.42 Å².